The quantitative estimate of drug-likeness (QED) is 0.563. The number of benzene rings is 2. The number of nitrogens with zero attached hydrogens (tertiary/aromatic N) is 1. The van der Waals surface area contributed by atoms with E-state index in [9.17, 15) is 9.90 Å². The zero-order chi connectivity index (χ0) is 20.8. The number of amides is 1. The van der Waals surface area contributed by atoms with E-state index in [0.717, 1.165) is 24.0 Å². The molecule has 1 aromatic heterocycles. The van der Waals surface area contributed by atoms with E-state index in [0.29, 0.717) is 42.7 Å². The van der Waals surface area contributed by atoms with Crippen LogP contribution in [-0.4, -0.2) is 35.9 Å². The van der Waals surface area contributed by atoms with Gasteiger partial charge >= 0.3 is 0 Å². The first-order valence-corrected chi connectivity index (χ1v) is 10.2. The van der Waals surface area contributed by atoms with Crippen molar-refractivity contribution in [1.82, 2.24) is 10.5 Å². The van der Waals surface area contributed by atoms with Crippen molar-refractivity contribution in [1.29, 1.82) is 0 Å². The first-order valence-electron chi connectivity index (χ1n) is 10.2. The average Bonchev–Trinajstić information content (AvgIpc) is 3.42. The maximum absolute atomic E-state index is 12.2. The molecule has 0 radical (unpaired) electrons. The summed E-state index contributed by atoms with van der Waals surface area (Å²) in [5.74, 6) is 0.668. The molecule has 1 unspecified atom stereocenters. The first-order chi connectivity index (χ1) is 14.7. The molecule has 158 valence electrons. The van der Waals surface area contributed by atoms with Crippen LogP contribution in [-0.2, 0) is 40.5 Å². The Morgan fingerprint density at radius 2 is 2.07 bits per heavy atom. The van der Waals surface area contributed by atoms with Crippen LogP contribution in [0.4, 0.5) is 0 Å². The molecular weight excluding hydrogens is 384 g/mol. The predicted octanol–water partition coefficient (Wildman–Crippen LogP) is 2.73. The Hall–Kier alpha value is -2.74. The van der Waals surface area contributed by atoms with Gasteiger partial charge in [0.05, 0.1) is 31.9 Å². The van der Waals surface area contributed by atoms with Crippen molar-refractivity contribution in [2.45, 2.75) is 32.7 Å². The molecule has 2 heterocycles. The van der Waals surface area contributed by atoms with Gasteiger partial charge in [-0.1, -0.05) is 41.6 Å². The van der Waals surface area contributed by atoms with Crippen LogP contribution in [0.3, 0.4) is 0 Å². The monoisotopic (exact) mass is 410 g/mol. The number of hydrogen-bond acceptors (Lipinski definition) is 6. The normalized spacial score (nSPS) is 16.2. The topological polar surface area (TPSA) is 93.8 Å². The van der Waals surface area contributed by atoms with Gasteiger partial charge in [0.2, 0.25) is 5.91 Å². The Bertz CT molecular complexity index is 994. The number of fused-ring (bicyclic) bond motifs is 1. The minimum atomic E-state index is -0.253. The van der Waals surface area contributed by atoms with Gasteiger partial charge in [-0.25, -0.2) is 0 Å². The van der Waals surface area contributed by atoms with Gasteiger partial charge in [-0.15, -0.1) is 0 Å². The summed E-state index contributed by atoms with van der Waals surface area (Å²) in [6, 6.07) is 14.3. The summed E-state index contributed by atoms with van der Waals surface area (Å²) < 4.78 is 16.4. The van der Waals surface area contributed by atoms with Crippen molar-refractivity contribution >= 4 is 16.7 Å². The van der Waals surface area contributed by atoms with Crippen LogP contribution in [0.5, 0.6) is 0 Å². The number of nitrogens with one attached hydrogen (secondary N) is 1. The van der Waals surface area contributed by atoms with Crippen LogP contribution in [0.2, 0.25) is 0 Å². The summed E-state index contributed by atoms with van der Waals surface area (Å²) in [4.78, 5) is 12.2. The molecule has 1 amide bonds. The molecule has 7 nitrogen and oxygen atoms in total. The lowest BCUT2D eigenvalue weighted by atomic mass is 10.1. The standard InChI is InChI=1S/C23H26N2O5/c26-12-20-21(10-23(27)24-11-17-7-8-28-14-17)25-30-22(20)15-29-13-16-5-6-18-3-1-2-4-19(18)9-16/h1-6,9,17,26H,7-8,10-15H2,(H,24,27). The van der Waals surface area contributed by atoms with Gasteiger partial charge in [-0.3, -0.25) is 4.79 Å². The number of aliphatic hydroxyl groups excluding tert-OH is 1. The Kier molecular flexibility index (Phi) is 6.74. The molecule has 30 heavy (non-hydrogen) atoms. The summed E-state index contributed by atoms with van der Waals surface area (Å²) in [5, 5.41) is 18.9. The van der Waals surface area contributed by atoms with Gasteiger partial charge in [-0.05, 0) is 28.8 Å². The van der Waals surface area contributed by atoms with E-state index in [1.807, 2.05) is 18.2 Å². The molecule has 0 bridgehead atoms. The predicted molar refractivity (Wildman–Crippen MR) is 111 cm³/mol. The van der Waals surface area contributed by atoms with E-state index in [2.05, 4.69) is 34.7 Å². The Morgan fingerprint density at radius 3 is 2.87 bits per heavy atom. The maximum Gasteiger partial charge on any atom is 0.226 e. The maximum atomic E-state index is 12.2. The third-order valence-electron chi connectivity index (χ3n) is 5.36. The van der Waals surface area contributed by atoms with E-state index in [-0.39, 0.29) is 25.5 Å². The fourth-order valence-electron chi connectivity index (χ4n) is 3.62. The third kappa shape index (κ3) is 5.05. The van der Waals surface area contributed by atoms with Crippen molar-refractivity contribution < 1.29 is 23.9 Å². The van der Waals surface area contributed by atoms with Crippen LogP contribution >= 0.6 is 0 Å². The smallest absolute Gasteiger partial charge is 0.226 e. The van der Waals surface area contributed by atoms with Gasteiger partial charge in [0.25, 0.3) is 0 Å². The van der Waals surface area contributed by atoms with Crippen LogP contribution in [0.1, 0.15) is 29.0 Å². The number of carbonyl (C=O) groups excluding carboxylic acids is 1. The SMILES string of the molecule is O=C(Cc1noc(COCc2ccc3ccccc3c2)c1CO)NCC1CCOC1. The molecule has 1 aliphatic heterocycles. The molecule has 7 heteroatoms. The van der Waals surface area contributed by atoms with E-state index in [1.165, 1.54) is 5.39 Å². The number of aromatic nitrogens is 1. The zero-order valence-corrected chi connectivity index (χ0v) is 16.8. The molecular formula is C23H26N2O5. The summed E-state index contributed by atoms with van der Waals surface area (Å²) in [6.45, 7) is 2.36. The minimum Gasteiger partial charge on any atom is -0.391 e. The van der Waals surface area contributed by atoms with Crippen LogP contribution in [0, 0.1) is 5.92 Å². The highest BCUT2D eigenvalue weighted by Gasteiger charge is 2.20. The second kappa shape index (κ2) is 9.84. The van der Waals surface area contributed by atoms with Crippen LogP contribution in [0.15, 0.2) is 47.0 Å². The largest absolute Gasteiger partial charge is 0.391 e. The number of hydrogen-bond donors (Lipinski definition) is 2. The molecule has 0 saturated carbocycles. The van der Waals surface area contributed by atoms with Gasteiger partial charge in [0.15, 0.2) is 5.76 Å². The second-order valence-corrected chi connectivity index (χ2v) is 7.57. The lowest BCUT2D eigenvalue weighted by Gasteiger charge is -2.09. The van der Waals surface area contributed by atoms with Crippen LogP contribution < -0.4 is 5.32 Å². The summed E-state index contributed by atoms with van der Waals surface area (Å²) >= 11 is 0. The average molecular weight is 410 g/mol. The Labute approximate surface area is 175 Å². The van der Waals surface area contributed by atoms with Crippen molar-refractivity contribution in [2.75, 3.05) is 19.8 Å². The van der Waals surface area contributed by atoms with E-state index >= 15 is 0 Å². The molecule has 0 aliphatic carbocycles. The fourth-order valence-corrected chi connectivity index (χ4v) is 3.62. The number of rotatable bonds is 9. The van der Waals surface area contributed by atoms with Crippen molar-refractivity contribution in [2.24, 2.45) is 5.92 Å². The van der Waals surface area contributed by atoms with Crippen molar-refractivity contribution in [3.05, 3.63) is 65.0 Å². The van der Waals surface area contributed by atoms with Gasteiger partial charge in [0.1, 0.15) is 6.61 Å². The Balaban J connectivity index is 1.30. The Morgan fingerprint density at radius 1 is 1.20 bits per heavy atom. The van der Waals surface area contributed by atoms with Gasteiger partial charge < -0.3 is 24.4 Å². The fraction of sp³-hybridized carbons (Fsp3) is 0.391. The first kappa shape index (κ1) is 20.5. The summed E-state index contributed by atoms with van der Waals surface area (Å²) in [7, 11) is 0. The van der Waals surface area contributed by atoms with Crippen molar-refractivity contribution in [3.8, 4) is 0 Å². The van der Waals surface area contributed by atoms with Crippen molar-refractivity contribution in [3.63, 3.8) is 0 Å². The lowest BCUT2D eigenvalue weighted by Crippen LogP contribution is -2.31. The number of carbonyl (C=O) groups is 1. The molecule has 1 saturated heterocycles. The van der Waals surface area contributed by atoms with Gasteiger partial charge in [0, 0.05) is 24.6 Å². The molecule has 3 aromatic rings. The third-order valence-corrected chi connectivity index (χ3v) is 5.36. The van der Waals surface area contributed by atoms with E-state index in [1.54, 1.807) is 0 Å². The molecule has 2 N–H and O–H groups in total. The zero-order valence-electron chi connectivity index (χ0n) is 16.8. The molecule has 1 fully saturated rings. The summed E-state index contributed by atoms with van der Waals surface area (Å²) in [5.41, 5.74) is 2.02. The molecule has 1 aliphatic rings. The summed E-state index contributed by atoms with van der Waals surface area (Å²) in [6.07, 6.45) is 1.03. The highest BCUT2D eigenvalue weighted by Crippen LogP contribution is 2.19. The van der Waals surface area contributed by atoms with Gasteiger partial charge in [-0.2, -0.15) is 0 Å². The molecule has 1 atom stereocenters. The number of ether oxygens (including phenoxy) is 2. The highest BCUT2D eigenvalue weighted by atomic mass is 16.5. The second-order valence-electron chi connectivity index (χ2n) is 7.57. The minimum absolute atomic E-state index is 0.0671. The molecule has 4 rings (SSSR count). The molecule has 2 aromatic carbocycles. The number of aliphatic hydroxyl groups is 1. The van der Waals surface area contributed by atoms with Crippen LogP contribution in [0.25, 0.3) is 10.8 Å². The highest BCUT2D eigenvalue weighted by molar-refractivity contribution is 5.83. The molecule has 0 spiro atoms. The van der Waals surface area contributed by atoms with E-state index in [4.69, 9.17) is 14.0 Å². The van der Waals surface area contributed by atoms with E-state index < -0.39 is 0 Å². The lowest BCUT2D eigenvalue weighted by molar-refractivity contribution is -0.120.